The number of hydrogen-bond donors (Lipinski definition) is 0. The third kappa shape index (κ3) is 3.59. The lowest BCUT2D eigenvalue weighted by molar-refractivity contribution is 0.0928. The molecule has 2 aliphatic heterocycles. The summed E-state index contributed by atoms with van der Waals surface area (Å²) in [5.41, 5.74) is 1.36. The van der Waals surface area contributed by atoms with Gasteiger partial charge in [-0.25, -0.2) is 0 Å². The molecule has 0 aromatic heterocycles. The van der Waals surface area contributed by atoms with Crippen molar-refractivity contribution in [3.05, 3.63) is 54.1 Å². The molecule has 0 bridgehead atoms. The molecule has 0 spiro atoms. The fourth-order valence-corrected chi connectivity index (χ4v) is 3.80. The third-order valence-electron chi connectivity index (χ3n) is 5.17. The molecule has 4 nitrogen and oxygen atoms in total. The second kappa shape index (κ2) is 7.36. The fraction of sp³-hybridized carbons (Fsp3) is 0.429. The summed E-state index contributed by atoms with van der Waals surface area (Å²) in [4.78, 5) is 2.54. The quantitative estimate of drug-likeness (QED) is 0.831. The Kier molecular flexibility index (Phi) is 4.79. The normalized spacial score (nSPS) is 20.8. The van der Waals surface area contributed by atoms with E-state index in [9.17, 15) is 0 Å². The summed E-state index contributed by atoms with van der Waals surface area (Å²) in [5.74, 6) is 3.20. The van der Waals surface area contributed by atoms with Crippen LogP contribution in [0.1, 0.15) is 24.3 Å². The van der Waals surface area contributed by atoms with E-state index in [1.165, 1.54) is 5.56 Å². The van der Waals surface area contributed by atoms with Crippen LogP contribution in [-0.4, -0.2) is 44.4 Å². The zero-order valence-electron chi connectivity index (χ0n) is 14.7. The molecule has 1 fully saturated rings. The highest BCUT2D eigenvalue weighted by atomic mass is 16.5. The summed E-state index contributed by atoms with van der Waals surface area (Å²) in [5, 5.41) is 0. The van der Waals surface area contributed by atoms with E-state index in [0.29, 0.717) is 5.92 Å². The van der Waals surface area contributed by atoms with Gasteiger partial charge in [-0.3, -0.25) is 0 Å². The van der Waals surface area contributed by atoms with E-state index < -0.39 is 0 Å². The van der Waals surface area contributed by atoms with E-state index in [1.54, 1.807) is 7.11 Å². The van der Waals surface area contributed by atoms with Gasteiger partial charge in [0, 0.05) is 31.1 Å². The maximum Gasteiger partial charge on any atom is 0.161 e. The molecule has 4 heteroatoms. The van der Waals surface area contributed by atoms with Crippen molar-refractivity contribution in [3.63, 3.8) is 0 Å². The number of para-hydroxylation sites is 3. The highest BCUT2D eigenvalue weighted by Gasteiger charge is 2.28. The highest BCUT2D eigenvalue weighted by molar-refractivity contribution is 5.40. The summed E-state index contributed by atoms with van der Waals surface area (Å²) in [6.07, 6.45) is 2.36. The number of ether oxygens (including phenoxy) is 3. The fourth-order valence-electron chi connectivity index (χ4n) is 3.80. The van der Waals surface area contributed by atoms with Gasteiger partial charge < -0.3 is 19.1 Å². The van der Waals surface area contributed by atoms with Crippen LogP contribution >= 0.6 is 0 Å². The molecule has 1 saturated heterocycles. The molecule has 2 heterocycles. The number of piperidine rings is 1. The molecule has 132 valence electrons. The van der Waals surface area contributed by atoms with Crippen molar-refractivity contribution in [1.82, 2.24) is 4.90 Å². The van der Waals surface area contributed by atoms with E-state index in [-0.39, 0.29) is 6.10 Å². The Balaban J connectivity index is 1.30. The largest absolute Gasteiger partial charge is 0.493 e. The molecular weight excluding hydrogens is 314 g/mol. The molecule has 0 aliphatic carbocycles. The zero-order chi connectivity index (χ0) is 17.1. The smallest absolute Gasteiger partial charge is 0.161 e. The molecule has 4 rings (SSSR count). The first-order valence-corrected chi connectivity index (χ1v) is 9.07. The van der Waals surface area contributed by atoms with Crippen LogP contribution in [-0.2, 0) is 0 Å². The number of likely N-dealkylation sites (tertiary alicyclic amines) is 1. The van der Waals surface area contributed by atoms with Crippen molar-refractivity contribution in [3.8, 4) is 17.2 Å². The van der Waals surface area contributed by atoms with Crippen molar-refractivity contribution in [2.45, 2.75) is 24.9 Å². The van der Waals surface area contributed by atoms with Crippen LogP contribution in [0.15, 0.2) is 48.5 Å². The Morgan fingerprint density at radius 1 is 1.00 bits per heavy atom. The Bertz CT molecular complexity index is 710. The average Bonchev–Trinajstić information content (AvgIpc) is 3.07. The first-order chi connectivity index (χ1) is 12.3. The molecule has 2 aromatic carbocycles. The Hall–Kier alpha value is -2.20. The van der Waals surface area contributed by atoms with Crippen LogP contribution < -0.4 is 14.2 Å². The lowest BCUT2D eigenvalue weighted by Gasteiger charge is -2.33. The second-order valence-corrected chi connectivity index (χ2v) is 6.81. The summed E-state index contributed by atoms with van der Waals surface area (Å²) in [7, 11) is 1.69. The molecule has 1 unspecified atom stereocenters. The lowest BCUT2D eigenvalue weighted by atomic mass is 9.99. The van der Waals surface area contributed by atoms with Crippen molar-refractivity contribution < 1.29 is 14.2 Å². The first kappa shape index (κ1) is 16.3. The van der Waals surface area contributed by atoms with Gasteiger partial charge in [0.2, 0.25) is 0 Å². The lowest BCUT2D eigenvalue weighted by Crippen LogP contribution is -2.40. The van der Waals surface area contributed by atoms with E-state index in [1.807, 2.05) is 30.3 Å². The molecule has 2 aromatic rings. The maximum atomic E-state index is 6.18. The molecule has 0 N–H and O–H groups in total. The minimum absolute atomic E-state index is 0.264. The summed E-state index contributed by atoms with van der Waals surface area (Å²) < 4.78 is 17.4. The Morgan fingerprint density at radius 2 is 1.72 bits per heavy atom. The topological polar surface area (TPSA) is 30.9 Å². The molecule has 2 aliphatic rings. The number of nitrogens with zero attached hydrogens (tertiary/aromatic N) is 1. The molecule has 1 atom stereocenters. The van der Waals surface area contributed by atoms with Gasteiger partial charge in [0.15, 0.2) is 11.5 Å². The van der Waals surface area contributed by atoms with Crippen molar-refractivity contribution in [2.24, 2.45) is 0 Å². The predicted molar refractivity (Wildman–Crippen MR) is 97.8 cm³/mol. The first-order valence-electron chi connectivity index (χ1n) is 9.07. The Labute approximate surface area is 149 Å². The standard InChI is InChI=1S/C21H25NO3/c1-23-20-8-4-5-9-21(20)25-17-10-12-22(13-11-17)14-16-15-24-19-7-3-2-6-18(16)19/h2-9,16-17H,10-15H2,1H3. The molecule has 0 amide bonds. The maximum absolute atomic E-state index is 6.18. The van der Waals surface area contributed by atoms with Crippen LogP contribution in [0, 0.1) is 0 Å². The number of hydrogen-bond acceptors (Lipinski definition) is 4. The van der Waals surface area contributed by atoms with Crippen LogP contribution in [0.3, 0.4) is 0 Å². The third-order valence-corrected chi connectivity index (χ3v) is 5.17. The second-order valence-electron chi connectivity index (χ2n) is 6.81. The van der Waals surface area contributed by atoms with Gasteiger partial charge in [0.1, 0.15) is 11.9 Å². The van der Waals surface area contributed by atoms with Crippen LogP contribution in [0.5, 0.6) is 17.2 Å². The van der Waals surface area contributed by atoms with Gasteiger partial charge in [-0.05, 0) is 31.0 Å². The van der Waals surface area contributed by atoms with Crippen LogP contribution in [0.4, 0.5) is 0 Å². The van der Waals surface area contributed by atoms with Crippen molar-refractivity contribution >= 4 is 0 Å². The van der Waals surface area contributed by atoms with Crippen molar-refractivity contribution in [1.29, 1.82) is 0 Å². The summed E-state index contributed by atoms with van der Waals surface area (Å²) in [6, 6.07) is 16.3. The van der Waals surface area contributed by atoms with Gasteiger partial charge in [-0.15, -0.1) is 0 Å². The number of rotatable bonds is 5. The van der Waals surface area contributed by atoms with Gasteiger partial charge in [-0.2, -0.15) is 0 Å². The van der Waals surface area contributed by atoms with Crippen LogP contribution in [0.25, 0.3) is 0 Å². The monoisotopic (exact) mass is 339 g/mol. The SMILES string of the molecule is COc1ccccc1OC1CCN(CC2COc3ccccc32)CC1. The summed E-state index contributed by atoms with van der Waals surface area (Å²) in [6.45, 7) is 4.01. The highest BCUT2D eigenvalue weighted by Crippen LogP contribution is 2.34. The van der Waals surface area contributed by atoms with Crippen molar-refractivity contribution in [2.75, 3.05) is 33.4 Å². The van der Waals surface area contributed by atoms with E-state index in [0.717, 1.165) is 56.3 Å². The number of benzene rings is 2. The molecule has 0 saturated carbocycles. The molecule has 0 radical (unpaired) electrons. The zero-order valence-corrected chi connectivity index (χ0v) is 14.7. The van der Waals surface area contributed by atoms with Gasteiger partial charge >= 0.3 is 0 Å². The van der Waals surface area contributed by atoms with Gasteiger partial charge in [0.25, 0.3) is 0 Å². The number of fused-ring (bicyclic) bond motifs is 1. The van der Waals surface area contributed by atoms with E-state index in [4.69, 9.17) is 14.2 Å². The molecular formula is C21H25NO3. The summed E-state index contributed by atoms with van der Waals surface area (Å²) >= 11 is 0. The Morgan fingerprint density at radius 3 is 2.52 bits per heavy atom. The van der Waals surface area contributed by atoms with Crippen LogP contribution in [0.2, 0.25) is 0 Å². The van der Waals surface area contributed by atoms with Gasteiger partial charge in [0.05, 0.1) is 13.7 Å². The van der Waals surface area contributed by atoms with Gasteiger partial charge in [-0.1, -0.05) is 30.3 Å². The number of methoxy groups -OCH3 is 1. The predicted octanol–water partition coefficient (Wildman–Crippen LogP) is 3.71. The van der Waals surface area contributed by atoms with E-state index in [2.05, 4.69) is 23.1 Å². The minimum Gasteiger partial charge on any atom is -0.493 e. The van der Waals surface area contributed by atoms with E-state index >= 15 is 0 Å². The molecule has 25 heavy (non-hydrogen) atoms. The minimum atomic E-state index is 0.264. The average molecular weight is 339 g/mol.